The Bertz CT molecular complexity index is 632. The minimum Gasteiger partial charge on any atom is -0.465 e. The number of methoxy groups -OCH3 is 1. The van der Waals surface area contributed by atoms with Gasteiger partial charge in [-0.3, -0.25) is 0 Å². The summed E-state index contributed by atoms with van der Waals surface area (Å²) in [6, 6.07) is 5.68. The molecule has 5 nitrogen and oxygen atoms in total. The molecule has 0 aliphatic heterocycles. The topological polar surface area (TPSA) is 64.1 Å². The molecule has 1 heterocycles. The fourth-order valence-corrected chi connectivity index (χ4v) is 1.74. The second kappa shape index (κ2) is 6.10. The number of hydrogen-bond donors (Lipinski definition) is 1. The highest BCUT2D eigenvalue weighted by Crippen LogP contribution is 2.18. The molecular formula is C14H14FN3O2. The van der Waals surface area contributed by atoms with Crippen molar-refractivity contribution in [3.05, 3.63) is 53.4 Å². The lowest BCUT2D eigenvalue weighted by molar-refractivity contribution is 0.0601. The number of nitrogens with zero attached hydrogens (tertiary/aromatic N) is 2. The molecule has 0 bridgehead atoms. The quantitative estimate of drug-likeness (QED) is 0.867. The Hall–Kier alpha value is -2.50. The molecule has 1 aromatic heterocycles. The third kappa shape index (κ3) is 3.28. The number of benzene rings is 1. The molecule has 1 aromatic carbocycles. The summed E-state index contributed by atoms with van der Waals surface area (Å²) in [7, 11) is 1.25. The monoisotopic (exact) mass is 275 g/mol. The first-order valence-corrected chi connectivity index (χ1v) is 6.00. The van der Waals surface area contributed by atoms with Crippen LogP contribution in [0.2, 0.25) is 0 Å². The third-order valence-electron chi connectivity index (χ3n) is 2.68. The summed E-state index contributed by atoms with van der Waals surface area (Å²) in [6.07, 6.45) is 1.66. The van der Waals surface area contributed by atoms with E-state index in [9.17, 15) is 9.18 Å². The molecule has 0 aliphatic rings. The van der Waals surface area contributed by atoms with Gasteiger partial charge in [0.2, 0.25) is 0 Å². The number of aryl methyl sites for hydroxylation is 1. The van der Waals surface area contributed by atoms with Gasteiger partial charge in [0.25, 0.3) is 0 Å². The van der Waals surface area contributed by atoms with Crippen LogP contribution in [0, 0.1) is 12.7 Å². The highest BCUT2D eigenvalue weighted by atomic mass is 19.1. The van der Waals surface area contributed by atoms with E-state index in [0.717, 1.165) is 11.8 Å². The number of rotatable bonds is 4. The lowest BCUT2D eigenvalue weighted by atomic mass is 10.1. The van der Waals surface area contributed by atoms with Crippen molar-refractivity contribution in [3.63, 3.8) is 0 Å². The van der Waals surface area contributed by atoms with Crippen molar-refractivity contribution in [1.29, 1.82) is 0 Å². The van der Waals surface area contributed by atoms with E-state index in [1.165, 1.54) is 19.2 Å². The SMILES string of the molecule is COC(=O)c1cc(F)ccc1NCc1ccnc(C)n1. The van der Waals surface area contributed by atoms with Gasteiger partial charge in [-0.1, -0.05) is 0 Å². The van der Waals surface area contributed by atoms with Crippen LogP contribution >= 0.6 is 0 Å². The summed E-state index contributed by atoms with van der Waals surface area (Å²) < 4.78 is 17.8. The van der Waals surface area contributed by atoms with Crippen LogP contribution < -0.4 is 5.32 Å². The zero-order valence-corrected chi connectivity index (χ0v) is 11.2. The van der Waals surface area contributed by atoms with Gasteiger partial charge in [0.1, 0.15) is 11.6 Å². The molecule has 6 heteroatoms. The number of esters is 1. The number of anilines is 1. The van der Waals surface area contributed by atoms with Crippen LogP contribution in [0.1, 0.15) is 21.9 Å². The maximum absolute atomic E-state index is 13.2. The summed E-state index contributed by atoms with van der Waals surface area (Å²) in [4.78, 5) is 19.8. The Morgan fingerprint density at radius 3 is 2.90 bits per heavy atom. The fraction of sp³-hybridized carbons (Fsp3) is 0.214. The second-order valence-electron chi connectivity index (χ2n) is 4.13. The van der Waals surface area contributed by atoms with Crippen molar-refractivity contribution >= 4 is 11.7 Å². The number of carbonyl (C=O) groups is 1. The molecular weight excluding hydrogens is 261 g/mol. The van der Waals surface area contributed by atoms with Crippen LogP contribution in [0.4, 0.5) is 10.1 Å². The van der Waals surface area contributed by atoms with Crippen molar-refractivity contribution in [2.45, 2.75) is 13.5 Å². The van der Waals surface area contributed by atoms with E-state index in [4.69, 9.17) is 0 Å². The summed E-state index contributed by atoms with van der Waals surface area (Å²) in [5.74, 6) is -0.420. The molecule has 104 valence electrons. The van der Waals surface area contributed by atoms with E-state index in [1.54, 1.807) is 19.2 Å². The van der Waals surface area contributed by atoms with Gasteiger partial charge in [-0.15, -0.1) is 0 Å². The molecule has 0 amide bonds. The van der Waals surface area contributed by atoms with Crippen molar-refractivity contribution in [2.24, 2.45) is 0 Å². The number of halogens is 1. The summed E-state index contributed by atoms with van der Waals surface area (Å²) >= 11 is 0. The van der Waals surface area contributed by atoms with Crippen LogP contribution in [0.15, 0.2) is 30.5 Å². The van der Waals surface area contributed by atoms with Crippen molar-refractivity contribution in [2.75, 3.05) is 12.4 Å². The molecule has 0 unspecified atom stereocenters. The van der Waals surface area contributed by atoms with Gasteiger partial charge in [-0.2, -0.15) is 0 Å². The lowest BCUT2D eigenvalue weighted by Gasteiger charge is -2.10. The van der Waals surface area contributed by atoms with Gasteiger partial charge >= 0.3 is 5.97 Å². The van der Waals surface area contributed by atoms with Crippen LogP contribution in [0.25, 0.3) is 0 Å². The van der Waals surface area contributed by atoms with Gasteiger partial charge in [-0.25, -0.2) is 19.2 Å². The molecule has 0 atom stereocenters. The molecule has 0 spiro atoms. The molecule has 0 aliphatic carbocycles. The molecule has 0 saturated carbocycles. The van der Waals surface area contributed by atoms with E-state index in [2.05, 4.69) is 20.0 Å². The van der Waals surface area contributed by atoms with E-state index in [1.807, 2.05) is 0 Å². The first-order valence-electron chi connectivity index (χ1n) is 6.00. The van der Waals surface area contributed by atoms with Crippen molar-refractivity contribution < 1.29 is 13.9 Å². The molecule has 0 radical (unpaired) electrons. The second-order valence-corrected chi connectivity index (χ2v) is 4.13. The number of carbonyl (C=O) groups excluding carboxylic acids is 1. The predicted octanol–water partition coefficient (Wildman–Crippen LogP) is 2.32. The van der Waals surface area contributed by atoms with E-state index < -0.39 is 11.8 Å². The Morgan fingerprint density at radius 1 is 1.40 bits per heavy atom. The minimum absolute atomic E-state index is 0.151. The minimum atomic E-state index is -0.592. The molecule has 0 saturated heterocycles. The normalized spacial score (nSPS) is 10.2. The highest BCUT2D eigenvalue weighted by molar-refractivity contribution is 5.95. The standard InChI is InChI=1S/C14H14FN3O2/c1-9-16-6-5-11(18-9)8-17-13-4-3-10(15)7-12(13)14(19)20-2/h3-7,17H,8H2,1-2H3. The Labute approximate surface area is 115 Å². The maximum Gasteiger partial charge on any atom is 0.340 e. The fourth-order valence-electron chi connectivity index (χ4n) is 1.74. The zero-order chi connectivity index (χ0) is 14.5. The van der Waals surface area contributed by atoms with Gasteiger partial charge in [0, 0.05) is 11.9 Å². The predicted molar refractivity (Wildman–Crippen MR) is 71.8 cm³/mol. The molecule has 2 aromatic rings. The Kier molecular flexibility index (Phi) is 4.24. The average molecular weight is 275 g/mol. The van der Waals surface area contributed by atoms with Crippen LogP contribution in [-0.4, -0.2) is 23.0 Å². The van der Waals surface area contributed by atoms with Crippen LogP contribution in [-0.2, 0) is 11.3 Å². The van der Waals surface area contributed by atoms with E-state index in [0.29, 0.717) is 18.1 Å². The van der Waals surface area contributed by atoms with E-state index >= 15 is 0 Å². The number of ether oxygens (including phenoxy) is 1. The van der Waals surface area contributed by atoms with Crippen molar-refractivity contribution in [1.82, 2.24) is 9.97 Å². The Morgan fingerprint density at radius 2 is 2.20 bits per heavy atom. The number of aromatic nitrogens is 2. The lowest BCUT2D eigenvalue weighted by Crippen LogP contribution is -2.09. The maximum atomic E-state index is 13.2. The van der Waals surface area contributed by atoms with Gasteiger partial charge in [0.15, 0.2) is 0 Å². The van der Waals surface area contributed by atoms with E-state index in [-0.39, 0.29) is 5.56 Å². The Balaban J connectivity index is 2.19. The molecule has 1 N–H and O–H groups in total. The number of hydrogen-bond acceptors (Lipinski definition) is 5. The van der Waals surface area contributed by atoms with Gasteiger partial charge < -0.3 is 10.1 Å². The van der Waals surface area contributed by atoms with Gasteiger partial charge in [0.05, 0.1) is 24.9 Å². The van der Waals surface area contributed by atoms with Crippen LogP contribution in [0.5, 0.6) is 0 Å². The average Bonchev–Trinajstić information content (AvgIpc) is 2.45. The van der Waals surface area contributed by atoms with Crippen LogP contribution in [0.3, 0.4) is 0 Å². The smallest absolute Gasteiger partial charge is 0.340 e. The summed E-state index contributed by atoms with van der Waals surface area (Å²) in [5, 5.41) is 3.04. The summed E-state index contributed by atoms with van der Waals surface area (Å²) in [6.45, 7) is 2.19. The highest BCUT2D eigenvalue weighted by Gasteiger charge is 2.13. The van der Waals surface area contributed by atoms with Gasteiger partial charge in [-0.05, 0) is 31.2 Å². The van der Waals surface area contributed by atoms with Crippen molar-refractivity contribution in [3.8, 4) is 0 Å². The largest absolute Gasteiger partial charge is 0.465 e. The molecule has 0 fully saturated rings. The third-order valence-corrected chi connectivity index (χ3v) is 2.68. The number of nitrogens with one attached hydrogen (secondary N) is 1. The summed E-state index contributed by atoms with van der Waals surface area (Å²) in [5.41, 5.74) is 1.42. The molecule has 20 heavy (non-hydrogen) atoms. The first kappa shape index (κ1) is 13.9. The zero-order valence-electron chi connectivity index (χ0n) is 11.2. The first-order chi connectivity index (χ1) is 9.60. The molecule has 2 rings (SSSR count).